The quantitative estimate of drug-likeness (QED) is 0.781. The van der Waals surface area contributed by atoms with Crippen molar-refractivity contribution in [3.8, 4) is 0 Å². The van der Waals surface area contributed by atoms with E-state index in [0.717, 1.165) is 0 Å². The Morgan fingerprint density at radius 3 is 2.70 bits per heavy atom. The second kappa shape index (κ2) is 5.64. The van der Waals surface area contributed by atoms with Gasteiger partial charge in [0.2, 0.25) is 10.0 Å². The zero-order valence-electron chi connectivity index (χ0n) is 12.1. The highest BCUT2D eigenvalue weighted by Crippen LogP contribution is 2.25. The smallest absolute Gasteiger partial charge is 0.262 e. The number of sulfonamides is 1. The largest absolute Gasteiger partial charge is 0.360 e. The first-order valence-corrected chi connectivity index (χ1v) is 8.30. The van der Waals surface area contributed by atoms with Gasteiger partial charge in [-0.05, 0) is 36.8 Å². The number of amides is 1. The molecule has 0 fully saturated rings. The molecule has 8 heteroatoms. The first-order valence-electron chi connectivity index (χ1n) is 6.82. The summed E-state index contributed by atoms with van der Waals surface area (Å²) in [5.41, 5.74) is 1.04. The Bertz CT molecular complexity index is 883. The molecule has 2 aromatic carbocycles. The second-order valence-corrected chi connectivity index (χ2v) is 6.83. The summed E-state index contributed by atoms with van der Waals surface area (Å²) in [5, 5.41) is 5.28. The molecule has 0 saturated heterocycles. The number of anilines is 2. The van der Waals surface area contributed by atoms with Crippen LogP contribution in [0.25, 0.3) is 0 Å². The molecular weight excluding hydrogens is 321 g/mol. The molecule has 0 aromatic heterocycles. The predicted octanol–water partition coefficient (Wildman–Crippen LogP) is 1.80. The SMILES string of the molecule is Cc1ccc(NC(=O)C2Nc3ccccc3S(=O)(=O)N2)cc1F. The maximum absolute atomic E-state index is 13.5. The molecule has 3 N–H and O–H groups in total. The molecule has 1 aliphatic heterocycles. The molecule has 1 amide bonds. The van der Waals surface area contributed by atoms with Gasteiger partial charge in [-0.1, -0.05) is 18.2 Å². The highest BCUT2D eigenvalue weighted by Gasteiger charge is 2.32. The highest BCUT2D eigenvalue weighted by molar-refractivity contribution is 7.89. The van der Waals surface area contributed by atoms with E-state index in [1.807, 2.05) is 0 Å². The van der Waals surface area contributed by atoms with E-state index in [-0.39, 0.29) is 10.6 Å². The van der Waals surface area contributed by atoms with Crippen molar-refractivity contribution in [3.63, 3.8) is 0 Å². The van der Waals surface area contributed by atoms with Crippen molar-refractivity contribution in [3.05, 3.63) is 53.8 Å². The van der Waals surface area contributed by atoms with E-state index in [1.165, 1.54) is 18.2 Å². The molecule has 0 bridgehead atoms. The lowest BCUT2D eigenvalue weighted by molar-refractivity contribution is -0.117. The van der Waals surface area contributed by atoms with Crippen LogP contribution in [0.3, 0.4) is 0 Å². The van der Waals surface area contributed by atoms with Crippen LogP contribution in [0.4, 0.5) is 15.8 Å². The first kappa shape index (κ1) is 15.4. The fraction of sp³-hybridized carbons (Fsp3) is 0.133. The van der Waals surface area contributed by atoms with Crippen molar-refractivity contribution in [2.45, 2.75) is 18.0 Å². The number of hydrogen-bond donors (Lipinski definition) is 3. The minimum atomic E-state index is -3.79. The van der Waals surface area contributed by atoms with Crippen LogP contribution in [0.15, 0.2) is 47.4 Å². The lowest BCUT2D eigenvalue weighted by Crippen LogP contribution is -2.51. The third-order valence-corrected chi connectivity index (χ3v) is 4.93. The van der Waals surface area contributed by atoms with E-state index < -0.39 is 27.9 Å². The Kier molecular flexibility index (Phi) is 3.78. The van der Waals surface area contributed by atoms with Gasteiger partial charge in [-0.2, -0.15) is 4.72 Å². The van der Waals surface area contributed by atoms with Crippen molar-refractivity contribution in [2.75, 3.05) is 10.6 Å². The summed E-state index contributed by atoms with van der Waals surface area (Å²) in [4.78, 5) is 12.3. The van der Waals surface area contributed by atoms with E-state index in [9.17, 15) is 17.6 Å². The van der Waals surface area contributed by atoms with Gasteiger partial charge in [0.05, 0.1) is 5.69 Å². The number of carbonyl (C=O) groups is 1. The van der Waals surface area contributed by atoms with Crippen LogP contribution >= 0.6 is 0 Å². The van der Waals surface area contributed by atoms with Gasteiger partial charge in [0, 0.05) is 5.69 Å². The normalized spacial score (nSPS) is 18.6. The summed E-state index contributed by atoms with van der Waals surface area (Å²) >= 11 is 0. The van der Waals surface area contributed by atoms with Crippen LogP contribution in [0, 0.1) is 12.7 Å². The molecule has 2 aromatic rings. The Balaban J connectivity index is 1.83. The molecule has 6 nitrogen and oxygen atoms in total. The summed E-state index contributed by atoms with van der Waals surface area (Å²) in [5.74, 6) is -1.09. The van der Waals surface area contributed by atoms with Crippen LogP contribution in [0.5, 0.6) is 0 Å². The Morgan fingerprint density at radius 1 is 1.22 bits per heavy atom. The van der Waals surface area contributed by atoms with Crippen molar-refractivity contribution >= 4 is 27.3 Å². The van der Waals surface area contributed by atoms with E-state index in [0.29, 0.717) is 11.3 Å². The summed E-state index contributed by atoms with van der Waals surface area (Å²) in [6.45, 7) is 1.61. The lowest BCUT2D eigenvalue weighted by Gasteiger charge is -2.27. The predicted molar refractivity (Wildman–Crippen MR) is 83.9 cm³/mol. The van der Waals surface area contributed by atoms with Gasteiger partial charge in [-0.25, -0.2) is 12.8 Å². The zero-order valence-corrected chi connectivity index (χ0v) is 12.9. The molecule has 3 rings (SSSR count). The fourth-order valence-corrected chi connectivity index (χ4v) is 3.51. The molecule has 0 saturated carbocycles. The number of halogens is 1. The van der Waals surface area contributed by atoms with E-state index in [2.05, 4.69) is 15.4 Å². The molecule has 23 heavy (non-hydrogen) atoms. The van der Waals surface area contributed by atoms with Gasteiger partial charge < -0.3 is 10.6 Å². The van der Waals surface area contributed by atoms with Gasteiger partial charge in [0.25, 0.3) is 5.91 Å². The highest BCUT2D eigenvalue weighted by atomic mass is 32.2. The minimum Gasteiger partial charge on any atom is -0.360 e. The summed E-state index contributed by atoms with van der Waals surface area (Å²) < 4.78 is 40.1. The van der Waals surface area contributed by atoms with E-state index >= 15 is 0 Å². The van der Waals surface area contributed by atoms with Gasteiger partial charge in [-0.15, -0.1) is 0 Å². The molecule has 120 valence electrons. The van der Waals surface area contributed by atoms with Gasteiger partial charge in [0.1, 0.15) is 10.7 Å². The van der Waals surface area contributed by atoms with Gasteiger partial charge >= 0.3 is 0 Å². The van der Waals surface area contributed by atoms with E-state index in [4.69, 9.17) is 0 Å². The summed E-state index contributed by atoms with van der Waals surface area (Å²) in [7, 11) is -3.79. The lowest BCUT2D eigenvalue weighted by atomic mass is 10.2. The topological polar surface area (TPSA) is 87.3 Å². The number of fused-ring (bicyclic) bond motifs is 1. The average molecular weight is 335 g/mol. The molecular formula is C15H14FN3O3S. The fourth-order valence-electron chi connectivity index (χ4n) is 2.23. The molecule has 1 aliphatic rings. The molecule has 1 atom stereocenters. The Hall–Kier alpha value is -2.45. The number of nitrogens with one attached hydrogen (secondary N) is 3. The third kappa shape index (κ3) is 3.03. The molecule has 0 spiro atoms. The number of hydrogen-bond acceptors (Lipinski definition) is 4. The number of benzene rings is 2. The van der Waals surface area contributed by atoms with Gasteiger partial charge in [0.15, 0.2) is 6.17 Å². The summed E-state index contributed by atoms with van der Waals surface area (Å²) in [6.07, 6.45) is -1.18. The first-order chi connectivity index (χ1) is 10.9. The van der Waals surface area contributed by atoms with Crippen molar-refractivity contribution < 1.29 is 17.6 Å². The average Bonchev–Trinajstić information content (AvgIpc) is 2.50. The monoisotopic (exact) mass is 335 g/mol. The number of aryl methyl sites for hydroxylation is 1. The Labute approximate surface area is 132 Å². The van der Waals surface area contributed by atoms with Crippen molar-refractivity contribution in [2.24, 2.45) is 0 Å². The van der Waals surface area contributed by atoms with Crippen LogP contribution in [-0.4, -0.2) is 20.5 Å². The molecule has 0 aliphatic carbocycles. The van der Waals surface area contributed by atoms with Gasteiger partial charge in [-0.3, -0.25) is 4.79 Å². The maximum atomic E-state index is 13.5. The van der Waals surface area contributed by atoms with Crippen LogP contribution in [0.2, 0.25) is 0 Å². The Morgan fingerprint density at radius 2 is 1.96 bits per heavy atom. The summed E-state index contributed by atoms with van der Waals surface area (Å²) in [6, 6.07) is 10.5. The third-order valence-electron chi connectivity index (χ3n) is 3.45. The second-order valence-electron chi connectivity index (χ2n) is 5.15. The molecule has 1 unspecified atom stereocenters. The zero-order chi connectivity index (χ0) is 16.6. The molecule has 1 heterocycles. The van der Waals surface area contributed by atoms with Crippen molar-refractivity contribution in [1.82, 2.24) is 4.72 Å². The molecule has 0 radical (unpaired) electrons. The van der Waals surface area contributed by atoms with Crippen LogP contribution in [0.1, 0.15) is 5.56 Å². The number of para-hydroxylation sites is 1. The van der Waals surface area contributed by atoms with Crippen LogP contribution < -0.4 is 15.4 Å². The number of rotatable bonds is 2. The standard InChI is InChI=1S/C15H14FN3O3S/c1-9-6-7-10(8-11(9)16)17-15(20)14-18-12-4-2-3-5-13(12)23(21,22)19-14/h2-8,14,18-19H,1H3,(H,17,20). The van der Waals surface area contributed by atoms with E-state index in [1.54, 1.807) is 31.2 Å². The van der Waals surface area contributed by atoms with Crippen molar-refractivity contribution in [1.29, 1.82) is 0 Å². The minimum absolute atomic E-state index is 0.0745. The number of carbonyl (C=O) groups excluding carboxylic acids is 1. The van der Waals surface area contributed by atoms with Crippen LogP contribution in [-0.2, 0) is 14.8 Å². The maximum Gasteiger partial charge on any atom is 0.262 e.